The normalized spacial score (nSPS) is 16.5. The van der Waals surface area contributed by atoms with Crippen molar-refractivity contribution in [3.05, 3.63) is 34.7 Å². The van der Waals surface area contributed by atoms with Gasteiger partial charge in [-0.05, 0) is 28.1 Å². The van der Waals surface area contributed by atoms with Gasteiger partial charge in [0.1, 0.15) is 5.69 Å². The van der Waals surface area contributed by atoms with E-state index in [4.69, 9.17) is 0 Å². The standard InChI is InChI=1S/C13H13BrN4O3S/c1-22(20,21)18-6-9(7-18)16-13(19)11-3-2-8-4-15-5-10(14)12(8)17-11/h2-5,9H,6-7H2,1H3,(H,16,19). The molecule has 1 amide bonds. The second kappa shape index (κ2) is 5.56. The second-order valence-corrected chi connectivity index (χ2v) is 7.98. The van der Waals surface area contributed by atoms with Gasteiger partial charge in [-0.15, -0.1) is 0 Å². The number of hydrogen-bond donors (Lipinski definition) is 1. The van der Waals surface area contributed by atoms with E-state index >= 15 is 0 Å². The lowest BCUT2D eigenvalue weighted by atomic mass is 10.1. The van der Waals surface area contributed by atoms with Gasteiger partial charge in [-0.25, -0.2) is 13.4 Å². The van der Waals surface area contributed by atoms with Crippen LogP contribution in [0, 0.1) is 0 Å². The number of halogens is 1. The number of aromatic nitrogens is 2. The lowest BCUT2D eigenvalue weighted by molar-refractivity contribution is 0.0891. The van der Waals surface area contributed by atoms with Crippen LogP contribution in [0.25, 0.3) is 10.9 Å². The van der Waals surface area contributed by atoms with Gasteiger partial charge in [0.05, 0.1) is 22.3 Å². The lowest BCUT2D eigenvalue weighted by Crippen LogP contribution is -2.60. The predicted molar refractivity (Wildman–Crippen MR) is 84.9 cm³/mol. The first kappa shape index (κ1) is 15.3. The molecular weight excluding hydrogens is 372 g/mol. The van der Waals surface area contributed by atoms with E-state index in [1.165, 1.54) is 4.31 Å². The van der Waals surface area contributed by atoms with Gasteiger partial charge in [0, 0.05) is 30.9 Å². The van der Waals surface area contributed by atoms with Crippen LogP contribution < -0.4 is 5.32 Å². The Morgan fingerprint density at radius 1 is 1.36 bits per heavy atom. The molecule has 2 aromatic rings. The van der Waals surface area contributed by atoms with Gasteiger partial charge in [-0.2, -0.15) is 4.31 Å². The highest BCUT2D eigenvalue weighted by Gasteiger charge is 2.34. The highest BCUT2D eigenvalue weighted by atomic mass is 79.9. The molecular formula is C13H13BrN4O3S. The average Bonchev–Trinajstić information content (AvgIpc) is 2.41. The minimum Gasteiger partial charge on any atom is -0.345 e. The molecule has 22 heavy (non-hydrogen) atoms. The molecule has 3 heterocycles. The Bertz CT molecular complexity index is 849. The molecule has 1 fully saturated rings. The number of hydrogen-bond acceptors (Lipinski definition) is 5. The molecule has 1 aliphatic rings. The first-order chi connectivity index (χ1) is 10.3. The van der Waals surface area contributed by atoms with Crippen molar-refractivity contribution in [3.8, 4) is 0 Å². The van der Waals surface area contributed by atoms with Gasteiger partial charge in [0.2, 0.25) is 10.0 Å². The van der Waals surface area contributed by atoms with Crippen molar-refractivity contribution in [2.45, 2.75) is 6.04 Å². The van der Waals surface area contributed by atoms with Gasteiger partial charge in [-0.3, -0.25) is 9.78 Å². The Balaban J connectivity index is 1.73. The van der Waals surface area contributed by atoms with E-state index in [1.807, 2.05) is 0 Å². The molecule has 1 aliphatic heterocycles. The second-order valence-electron chi connectivity index (χ2n) is 5.14. The molecule has 3 rings (SSSR count). The van der Waals surface area contributed by atoms with E-state index in [1.54, 1.807) is 24.5 Å². The summed E-state index contributed by atoms with van der Waals surface area (Å²) in [4.78, 5) is 20.5. The zero-order valence-electron chi connectivity index (χ0n) is 11.7. The molecule has 1 N–H and O–H groups in total. The molecule has 0 bridgehead atoms. The molecule has 1 saturated heterocycles. The van der Waals surface area contributed by atoms with Crippen LogP contribution in [-0.2, 0) is 10.0 Å². The van der Waals surface area contributed by atoms with E-state index < -0.39 is 10.0 Å². The Morgan fingerprint density at radius 3 is 2.77 bits per heavy atom. The van der Waals surface area contributed by atoms with E-state index in [0.717, 1.165) is 11.6 Å². The van der Waals surface area contributed by atoms with Crippen molar-refractivity contribution in [1.29, 1.82) is 0 Å². The summed E-state index contributed by atoms with van der Waals surface area (Å²) in [6, 6.07) is 3.22. The number of sulfonamides is 1. The fraction of sp³-hybridized carbons (Fsp3) is 0.308. The Hall–Kier alpha value is -1.58. The molecule has 116 valence electrons. The molecule has 0 spiro atoms. The van der Waals surface area contributed by atoms with Gasteiger partial charge in [-0.1, -0.05) is 0 Å². The minimum atomic E-state index is -3.18. The van der Waals surface area contributed by atoms with Gasteiger partial charge in [0.25, 0.3) is 5.91 Å². The maximum atomic E-state index is 12.2. The summed E-state index contributed by atoms with van der Waals surface area (Å²) < 4.78 is 24.6. The molecule has 0 saturated carbocycles. The van der Waals surface area contributed by atoms with Crippen LogP contribution in [-0.4, -0.2) is 54.0 Å². The van der Waals surface area contributed by atoms with Crippen LogP contribution in [0.3, 0.4) is 0 Å². The van der Waals surface area contributed by atoms with Crippen LogP contribution in [0.15, 0.2) is 29.0 Å². The molecule has 0 atom stereocenters. The molecule has 7 nitrogen and oxygen atoms in total. The van der Waals surface area contributed by atoms with E-state index in [9.17, 15) is 13.2 Å². The molecule has 2 aromatic heterocycles. The Morgan fingerprint density at radius 2 is 2.09 bits per heavy atom. The molecule has 9 heteroatoms. The number of amides is 1. The SMILES string of the molecule is CS(=O)(=O)N1CC(NC(=O)c2ccc3cncc(Br)c3n2)C1. The summed E-state index contributed by atoms with van der Waals surface area (Å²) in [7, 11) is -3.18. The number of nitrogens with zero attached hydrogens (tertiary/aromatic N) is 3. The third kappa shape index (κ3) is 2.96. The van der Waals surface area contributed by atoms with Crippen molar-refractivity contribution >= 4 is 42.8 Å². The number of carbonyl (C=O) groups is 1. The van der Waals surface area contributed by atoms with Crippen LogP contribution in [0.1, 0.15) is 10.5 Å². The molecule has 0 aliphatic carbocycles. The predicted octanol–water partition coefficient (Wildman–Crippen LogP) is 0.766. The maximum absolute atomic E-state index is 12.2. The highest BCUT2D eigenvalue weighted by Crippen LogP contribution is 2.21. The summed E-state index contributed by atoms with van der Waals surface area (Å²) in [6.45, 7) is 0.595. The topological polar surface area (TPSA) is 92.3 Å². The molecule has 0 unspecified atom stereocenters. The summed E-state index contributed by atoms with van der Waals surface area (Å²) >= 11 is 3.36. The smallest absolute Gasteiger partial charge is 0.270 e. The van der Waals surface area contributed by atoms with Crippen molar-refractivity contribution in [1.82, 2.24) is 19.6 Å². The number of nitrogens with one attached hydrogen (secondary N) is 1. The van der Waals surface area contributed by atoms with E-state index in [0.29, 0.717) is 23.1 Å². The average molecular weight is 385 g/mol. The Kier molecular flexibility index (Phi) is 3.87. The lowest BCUT2D eigenvalue weighted by Gasteiger charge is -2.37. The van der Waals surface area contributed by atoms with Crippen molar-refractivity contribution in [2.75, 3.05) is 19.3 Å². The highest BCUT2D eigenvalue weighted by molar-refractivity contribution is 9.10. The van der Waals surface area contributed by atoms with Crippen molar-refractivity contribution in [2.24, 2.45) is 0 Å². The summed E-state index contributed by atoms with van der Waals surface area (Å²) in [6.07, 6.45) is 4.44. The zero-order valence-corrected chi connectivity index (χ0v) is 14.1. The van der Waals surface area contributed by atoms with Crippen LogP contribution in [0.5, 0.6) is 0 Å². The third-order valence-electron chi connectivity index (χ3n) is 3.44. The monoisotopic (exact) mass is 384 g/mol. The van der Waals surface area contributed by atoms with Crippen molar-refractivity contribution < 1.29 is 13.2 Å². The first-order valence-corrected chi connectivity index (χ1v) is 9.15. The van der Waals surface area contributed by atoms with Gasteiger partial charge >= 0.3 is 0 Å². The number of pyridine rings is 2. The van der Waals surface area contributed by atoms with Crippen LogP contribution in [0.2, 0.25) is 0 Å². The number of carbonyl (C=O) groups excluding carboxylic acids is 1. The summed E-state index contributed by atoms with van der Waals surface area (Å²) in [5.74, 6) is -0.316. The third-order valence-corrected chi connectivity index (χ3v) is 5.26. The molecule has 0 radical (unpaired) electrons. The number of fused-ring (bicyclic) bond motifs is 1. The van der Waals surface area contributed by atoms with Crippen LogP contribution >= 0.6 is 15.9 Å². The van der Waals surface area contributed by atoms with Crippen LogP contribution in [0.4, 0.5) is 0 Å². The fourth-order valence-electron chi connectivity index (χ4n) is 2.20. The largest absolute Gasteiger partial charge is 0.345 e. The Labute approximate surface area is 135 Å². The summed E-state index contributed by atoms with van der Waals surface area (Å²) in [5, 5.41) is 3.61. The first-order valence-electron chi connectivity index (χ1n) is 6.51. The zero-order chi connectivity index (χ0) is 15.9. The van der Waals surface area contributed by atoms with Gasteiger partial charge in [0.15, 0.2) is 0 Å². The number of rotatable bonds is 3. The van der Waals surface area contributed by atoms with Crippen molar-refractivity contribution in [3.63, 3.8) is 0 Å². The minimum absolute atomic E-state index is 0.180. The quantitative estimate of drug-likeness (QED) is 0.843. The summed E-state index contributed by atoms with van der Waals surface area (Å²) in [5.41, 5.74) is 0.950. The van der Waals surface area contributed by atoms with E-state index in [-0.39, 0.29) is 17.6 Å². The van der Waals surface area contributed by atoms with Gasteiger partial charge < -0.3 is 5.32 Å². The fourth-order valence-corrected chi connectivity index (χ4v) is 3.53. The molecule has 0 aromatic carbocycles. The van der Waals surface area contributed by atoms with E-state index in [2.05, 4.69) is 31.2 Å². The maximum Gasteiger partial charge on any atom is 0.270 e.